The van der Waals surface area contributed by atoms with Crippen LogP contribution in [-0.4, -0.2) is 4.98 Å². The normalized spacial score (nSPS) is 12.8. The third-order valence-corrected chi connectivity index (χ3v) is 4.56. The molecule has 120 valence electrons. The summed E-state index contributed by atoms with van der Waals surface area (Å²) in [5, 5.41) is 6.39. The maximum Gasteiger partial charge on any atom is 0.131 e. The maximum atomic E-state index is 14.0. The average molecular weight is 318 g/mol. The summed E-state index contributed by atoms with van der Waals surface area (Å²) in [5.41, 5.74) is 3.41. The lowest BCUT2D eigenvalue weighted by Gasteiger charge is -2.16. The van der Waals surface area contributed by atoms with Gasteiger partial charge in [0.05, 0.1) is 0 Å². The number of halogens is 1. The van der Waals surface area contributed by atoms with Crippen LogP contribution in [0.15, 0.2) is 66.7 Å². The number of H-pyrrole nitrogens is 1. The van der Waals surface area contributed by atoms with Crippen molar-refractivity contribution in [2.75, 3.05) is 0 Å². The van der Waals surface area contributed by atoms with Gasteiger partial charge in [-0.3, -0.25) is 0 Å². The Morgan fingerprint density at radius 1 is 0.958 bits per heavy atom. The van der Waals surface area contributed by atoms with E-state index in [0.717, 1.165) is 28.7 Å². The number of hydrogen-bond donors (Lipinski definition) is 2. The van der Waals surface area contributed by atoms with Gasteiger partial charge in [0.1, 0.15) is 5.82 Å². The SMILES string of the molecule is CC(NCc1cc2ccccc2[nH]1)c1ccc(F)c2ccccc12. The fraction of sp³-hybridized carbons (Fsp3) is 0.143. The van der Waals surface area contributed by atoms with E-state index in [0.29, 0.717) is 5.39 Å². The highest BCUT2D eigenvalue weighted by atomic mass is 19.1. The first-order chi connectivity index (χ1) is 11.7. The van der Waals surface area contributed by atoms with Crippen LogP contribution in [0.25, 0.3) is 21.7 Å². The Kier molecular flexibility index (Phi) is 3.79. The van der Waals surface area contributed by atoms with Crippen molar-refractivity contribution in [1.82, 2.24) is 10.3 Å². The molecule has 1 heterocycles. The number of aromatic amines is 1. The summed E-state index contributed by atoms with van der Waals surface area (Å²) in [6.07, 6.45) is 0. The van der Waals surface area contributed by atoms with Crippen molar-refractivity contribution >= 4 is 21.7 Å². The van der Waals surface area contributed by atoms with E-state index in [1.165, 1.54) is 5.39 Å². The van der Waals surface area contributed by atoms with Gasteiger partial charge in [0.25, 0.3) is 0 Å². The highest BCUT2D eigenvalue weighted by molar-refractivity contribution is 5.86. The van der Waals surface area contributed by atoms with Crippen molar-refractivity contribution in [3.05, 3.63) is 83.8 Å². The lowest BCUT2D eigenvalue weighted by Crippen LogP contribution is -2.18. The number of hydrogen-bond acceptors (Lipinski definition) is 1. The zero-order valence-corrected chi connectivity index (χ0v) is 13.5. The summed E-state index contributed by atoms with van der Waals surface area (Å²) in [7, 11) is 0. The zero-order chi connectivity index (χ0) is 16.5. The first-order valence-electron chi connectivity index (χ1n) is 8.19. The van der Waals surface area contributed by atoms with Gasteiger partial charge in [-0.1, -0.05) is 48.5 Å². The Morgan fingerprint density at radius 2 is 1.71 bits per heavy atom. The molecule has 2 nitrogen and oxygen atoms in total. The third-order valence-electron chi connectivity index (χ3n) is 4.56. The fourth-order valence-electron chi connectivity index (χ4n) is 3.26. The molecule has 0 spiro atoms. The van der Waals surface area contributed by atoms with Crippen LogP contribution in [0.4, 0.5) is 4.39 Å². The summed E-state index contributed by atoms with van der Waals surface area (Å²) in [6.45, 7) is 2.85. The number of aromatic nitrogens is 1. The summed E-state index contributed by atoms with van der Waals surface area (Å²) in [4.78, 5) is 3.43. The average Bonchev–Trinajstić information content (AvgIpc) is 3.03. The van der Waals surface area contributed by atoms with Gasteiger partial charge in [0.15, 0.2) is 0 Å². The molecule has 4 aromatic rings. The second-order valence-corrected chi connectivity index (χ2v) is 6.17. The van der Waals surface area contributed by atoms with Crippen LogP contribution in [0, 0.1) is 5.82 Å². The molecule has 0 aliphatic rings. The molecule has 3 aromatic carbocycles. The predicted octanol–water partition coefficient (Wildman–Crippen LogP) is 5.31. The molecule has 0 aliphatic heterocycles. The van der Waals surface area contributed by atoms with Crippen LogP contribution < -0.4 is 5.32 Å². The van der Waals surface area contributed by atoms with Gasteiger partial charge in [-0.2, -0.15) is 0 Å². The molecule has 3 heteroatoms. The van der Waals surface area contributed by atoms with E-state index in [-0.39, 0.29) is 11.9 Å². The Bertz CT molecular complexity index is 970. The number of para-hydroxylation sites is 1. The third kappa shape index (κ3) is 2.68. The Labute approximate surface area is 140 Å². The van der Waals surface area contributed by atoms with Gasteiger partial charge in [-0.25, -0.2) is 4.39 Å². The molecule has 0 amide bonds. The summed E-state index contributed by atoms with van der Waals surface area (Å²) in [6, 6.07) is 21.6. The van der Waals surface area contributed by atoms with Crippen molar-refractivity contribution in [1.29, 1.82) is 0 Å². The van der Waals surface area contributed by atoms with Gasteiger partial charge in [-0.15, -0.1) is 0 Å². The van der Waals surface area contributed by atoms with Crippen LogP contribution in [0.5, 0.6) is 0 Å². The lowest BCUT2D eigenvalue weighted by atomic mass is 9.99. The van der Waals surface area contributed by atoms with Crippen LogP contribution in [0.1, 0.15) is 24.2 Å². The smallest absolute Gasteiger partial charge is 0.131 e. The minimum atomic E-state index is -0.169. The molecular formula is C21H19FN2. The maximum absolute atomic E-state index is 14.0. The van der Waals surface area contributed by atoms with Crippen molar-refractivity contribution < 1.29 is 4.39 Å². The first-order valence-corrected chi connectivity index (χ1v) is 8.19. The lowest BCUT2D eigenvalue weighted by molar-refractivity contribution is 0.571. The number of benzene rings is 3. The number of rotatable bonds is 4. The van der Waals surface area contributed by atoms with Gasteiger partial charge in [0, 0.05) is 29.2 Å². The molecule has 24 heavy (non-hydrogen) atoms. The van der Waals surface area contributed by atoms with Gasteiger partial charge in [0.2, 0.25) is 0 Å². The molecule has 2 N–H and O–H groups in total. The van der Waals surface area contributed by atoms with Crippen molar-refractivity contribution in [3.8, 4) is 0 Å². The molecule has 1 aromatic heterocycles. The summed E-state index contributed by atoms with van der Waals surface area (Å²) in [5.74, 6) is -0.169. The number of nitrogens with one attached hydrogen (secondary N) is 2. The Morgan fingerprint density at radius 3 is 2.54 bits per heavy atom. The minimum Gasteiger partial charge on any atom is -0.357 e. The summed E-state index contributed by atoms with van der Waals surface area (Å²) < 4.78 is 14.0. The molecule has 1 atom stereocenters. The predicted molar refractivity (Wildman–Crippen MR) is 97.5 cm³/mol. The largest absolute Gasteiger partial charge is 0.357 e. The molecular weight excluding hydrogens is 299 g/mol. The topological polar surface area (TPSA) is 27.8 Å². The van der Waals surface area contributed by atoms with Crippen molar-refractivity contribution in [3.63, 3.8) is 0 Å². The second-order valence-electron chi connectivity index (χ2n) is 6.17. The van der Waals surface area contributed by atoms with Crippen LogP contribution in [0.3, 0.4) is 0 Å². The molecule has 0 fully saturated rings. The van der Waals surface area contributed by atoms with Crippen molar-refractivity contribution in [2.45, 2.75) is 19.5 Å². The Hall–Kier alpha value is -2.65. The molecule has 0 saturated carbocycles. The fourth-order valence-corrected chi connectivity index (χ4v) is 3.26. The van der Waals surface area contributed by atoms with E-state index < -0.39 is 0 Å². The molecule has 0 bridgehead atoms. The van der Waals surface area contributed by atoms with E-state index >= 15 is 0 Å². The first kappa shape index (κ1) is 14.9. The van der Waals surface area contributed by atoms with E-state index in [1.807, 2.05) is 42.5 Å². The van der Waals surface area contributed by atoms with Gasteiger partial charge >= 0.3 is 0 Å². The molecule has 1 unspecified atom stereocenters. The quantitative estimate of drug-likeness (QED) is 0.524. The van der Waals surface area contributed by atoms with E-state index in [2.05, 4.69) is 35.4 Å². The monoisotopic (exact) mass is 318 g/mol. The molecule has 0 saturated heterocycles. The van der Waals surface area contributed by atoms with Gasteiger partial charge in [-0.05, 0) is 41.5 Å². The zero-order valence-electron chi connectivity index (χ0n) is 13.5. The van der Waals surface area contributed by atoms with E-state index in [9.17, 15) is 4.39 Å². The van der Waals surface area contributed by atoms with Crippen LogP contribution >= 0.6 is 0 Å². The minimum absolute atomic E-state index is 0.127. The highest BCUT2D eigenvalue weighted by Gasteiger charge is 2.11. The van der Waals surface area contributed by atoms with Crippen LogP contribution in [-0.2, 0) is 6.54 Å². The molecule has 0 radical (unpaired) electrons. The standard InChI is InChI=1S/C21H19FN2/c1-14(17-10-11-20(22)19-8-4-3-7-18(17)19)23-13-16-12-15-6-2-5-9-21(15)24-16/h2-12,14,23-24H,13H2,1H3. The second kappa shape index (κ2) is 6.10. The van der Waals surface area contributed by atoms with Gasteiger partial charge < -0.3 is 10.3 Å². The molecule has 0 aliphatic carbocycles. The van der Waals surface area contributed by atoms with E-state index in [4.69, 9.17) is 0 Å². The summed E-state index contributed by atoms with van der Waals surface area (Å²) >= 11 is 0. The Balaban J connectivity index is 1.58. The van der Waals surface area contributed by atoms with E-state index in [1.54, 1.807) is 6.07 Å². The van der Waals surface area contributed by atoms with Crippen LogP contribution in [0.2, 0.25) is 0 Å². The van der Waals surface area contributed by atoms with Crippen molar-refractivity contribution in [2.24, 2.45) is 0 Å². The highest BCUT2D eigenvalue weighted by Crippen LogP contribution is 2.26. The molecule has 4 rings (SSSR count). The number of fused-ring (bicyclic) bond motifs is 2.